The molecule has 2 aliphatic heterocycles. The van der Waals surface area contributed by atoms with Gasteiger partial charge in [-0.3, -0.25) is 9.98 Å². The van der Waals surface area contributed by atoms with E-state index in [1.54, 1.807) is 0 Å². The van der Waals surface area contributed by atoms with Crippen LogP contribution in [0, 0.1) is 30.1 Å². The summed E-state index contributed by atoms with van der Waals surface area (Å²) in [7, 11) is 0. The van der Waals surface area contributed by atoms with E-state index in [-0.39, 0.29) is 11.8 Å². The van der Waals surface area contributed by atoms with Gasteiger partial charge in [0.15, 0.2) is 0 Å². The fraction of sp³-hybridized carbons (Fsp3) is 0.129. The molecule has 2 unspecified atom stereocenters. The Hall–Kier alpha value is -7.78. The molecule has 0 fully saturated rings. The first-order valence-corrected chi connectivity index (χ1v) is 22.2. The first-order valence-electron chi connectivity index (χ1n) is 22.2. The average Bonchev–Trinajstić information content (AvgIpc) is 3.58. The van der Waals surface area contributed by atoms with Gasteiger partial charge in [-0.15, -0.1) is 6.42 Å². The van der Waals surface area contributed by atoms with Crippen LogP contribution in [0.3, 0.4) is 0 Å². The summed E-state index contributed by atoms with van der Waals surface area (Å²) in [5.41, 5.74) is 20.2. The van der Waals surface area contributed by atoms with E-state index in [4.69, 9.17) is 11.4 Å². The molecule has 2 heterocycles. The molecular weight excluding hydrogens is 773 g/mol. The van der Waals surface area contributed by atoms with Gasteiger partial charge in [0.1, 0.15) is 0 Å². The molecule has 0 N–H and O–H groups in total. The van der Waals surface area contributed by atoms with E-state index in [0.717, 1.165) is 68.8 Å². The van der Waals surface area contributed by atoms with Crippen LogP contribution in [0.15, 0.2) is 204 Å². The highest BCUT2D eigenvalue weighted by Gasteiger charge is 2.25. The van der Waals surface area contributed by atoms with Crippen molar-refractivity contribution in [3.8, 4) is 24.2 Å². The van der Waals surface area contributed by atoms with Gasteiger partial charge in [-0.25, -0.2) is 0 Å². The molecule has 2 bridgehead atoms. The van der Waals surface area contributed by atoms with Crippen molar-refractivity contribution in [2.45, 2.75) is 45.4 Å². The number of aliphatic imine (C=N–C) groups is 2. The Morgan fingerprint density at radius 2 is 1.58 bits per heavy atom. The van der Waals surface area contributed by atoms with E-state index in [1.165, 1.54) is 44.5 Å². The van der Waals surface area contributed by atoms with E-state index in [1.807, 2.05) is 31.5 Å². The molecular formula is C62H50N2. The van der Waals surface area contributed by atoms with E-state index < -0.39 is 0 Å². The van der Waals surface area contributed by atoms with Crippen LogP contribution in [0.4, 0.5) is 5.69 Å². The topological polar surface area (TPSA) is 24.7 Å². The predicted octanol–water partition coefficient (Wildman–Crippen LogP) is 15.0. The first-order chi connectivity index (χ1) is 31.5. The molecule has 2 atom stereocenters. The van der Waals surface area contributed by atoms with Crippen LogP contribution in [0.2, 0.25) is 0 Å². The van der Waals surface area contributed by atoms with Crippen LogP contribution >= 0.6 is 0 Å². The maximum atomic E-state index is 6.21. The smallest absolute Gasteiger partial charge is 0.0748 e. The summed E-state index contributed by atoms with van der Waals surface area (Å²) in [6, 6.07) is 30.6. The van der Waals surface area contributed by atoms with Gasteiger partial charge in [-0.2, -0.15) is 0 Å². The first kappa shape index (κ1) is 41.6. The summed E-state index contributed by atoms with van der Waals surface area (Å²) in [6.45, 7) is 8.81. The van der Waals surface area contributed by atoms with Crippen molar-refractivity contribution in [3.63, 3.8) is 0 Å². The lowest BCUT2D eigenvalue weighted by Crippen LogP contribution is -2.02. The second-order valence-corrected chi connectivity index (χ2v) is 16.5. The standard InChI is InChI=1S/C62H50N2/c1-5-8-9-20-48-31-34-51(59-26-15-14-25-58(48)59)38-50(18-6-2)60-40-54(39-55-41-61(64-62(55)60)49-32-28-46(29-33-49)52-22-16-17-35-63-42-52)44(7-3)37-53-36-43(4)56-23-12-13-24-57(56)47-21-11-10-19-45(53)27-30-47/h2,5,7-15,17-26,28-29,31-33,35,37-40,42,45,47H,4,16,34,36,41H2,1,3H3/b8-5-,19-10-,20-9-,21-11?,44-7+,50-18+,51-38+,53-37+. The summed E-state index contributed by atoms with van der Waals surface area (Å²) in [5.74, 6) is 10.1. The Balaban J connectivity index is 1.16. The van der Waals surface area contributed by atoms with E-state index in [2.05, 4.69) is 200 Å². The average molecular weight is 823 g/mol. The van der Waals surface area contributed by atoms with E-state index in [0.29, 0.717) is 12.8 Å². The molecule has 9 rings (SSSR count). The van der Waals surface area contributed by atoms with Gasteiger partial charge in [0.05, 0.1) is 23.2 Å². The van der Waals surface area contributed by atoms with Crippen molar-refractivity contribution >= 4 is 51.1 Å². The van der Waals surface area contributed by atoms with Gasteiger partial charge in [0, 0.05) is 24.4 Å². The third kappa shape index (κ3) is 8.78. The van der Waals surface area contributed by atoms with Crippen LogP contribution in [-0.4, -0.2) is 11.9 Å². The molecule has 3 aliphatic carbocycles. The van der Waals surface area contributed by atoms with Crippen LogP contribution in [0.5, 0.6) is 0 Å². The highest BCUT2D eigenvalue weighted by molar-refractivity contribution is 6.12. The third-order valence-corrected chi connectivity index (χ3v) is 12.4. The van der Waals surface area contributed by atoms with E-state index in [9.17, 15) is 0 Å². The molecule has 0 amide bonds. The Bertz CT molecular complexity index is 3070. The van der Waals surface area contributed by atoms with Gasteiger partial charge < -0.3 is 0 Å². The Morgan fingerprint density at radius 3 is 2.39 bits per heavy atom. The van der Waals surface area contributed by atoms with E-state index >= 15 is 0 Å². The maximum absolute atomic E-state index is 6.21. The number of terminal acetylenes is 1. The lowest BCUT2D eigenvalue weighted by Gasteiger charge is -2.20. The van der Waals surface area contributed by atoms with Gasteiger partial charge in [0.2, 0.25) is 0 Å². The van der Waals surface area contributed by atoms with Crippen molar-refractivity contribution in [1.82, 2.24) is 0 Å². The van der Waals surface area contributed by atoms with Crippen molar-refractivity contribution in [1.29, 1.82) is 0 Å². The second-order valence-electron chi connectivity index (χ2n) is 16.5. The Kier molecular flexibility index (Phi) is 12.4. The molecule has 0 saturated heterocycles. The molecule has 2 nitrogen and oxygen atoms in total. The fourth-order valence-corrected chi connectivity index (χ4v) is 9.14. The zero-order valence-corrected chi connectivity index (χ0v) is 36.6. The SMILES string of the molecule is C#C/C=C(\C=C1/CC=C(/C=C\C=C/C)c2ccccc21)c1cc(C(=C/C)/C=C2\CC(=C)c3ccccc3C3C#CC2/C=C\C=C3)cc2c1N=C(c1ccc(C3=CCC=CN=C3)cc1)C2. The molecule has 308 valence electrons. The molecule has 64 heavy (non-hydrogen) atoms. The molecule has 0 radical (unpaired) electrons. The summed E-state index contributed by atoms with van der Waals surface area (Å²) in [6.07, 6.45) is 45.5. The van der Waals surface area contributed by atoms with Crippen LogP contribution in [0.1, 0.15) is 89.1 Å². The minimum atomic E-state index is -0.0599. The lowest BCUT2D eigenvalue weighted by molar-refractivity contribution is 0.959. The quantitative estimate of drug-likeness (QED) is 0.125. The van der Waals surface area contributed by atoms with Gasteiger partial charge in [0.25, 0.3) is 0 Å². The molecule has 4 aromatic rings. The van der Waals surface area contributed by atoms with Gasteiger partial charge in [-0.05, 0) is 141 Å². The molecule has 0 saturated carbocycles. The summed E-state index contributed by atoms with van der Waals surface area (Å²) in [5, 5.41) is 0. The van der Waals surface area contributed by atoms with Gasteiger partial charge in [-0.1, -0.05) is 176 Å². The second kappa shape index (κ2) is 19.1. The van der Waals surface area contributed by atoms with Crippen LogP contribution < -0.4 is 0 Å². The number of hydrogen-bond acceptors (Lipinski definition) is 2. The maximum Gasteiger partial charge on any atom is 0.0748 e. The van der Waals surface area contributed by atoms with Gasteiger partial charge >= 0.3 is 0 Å². The summed E-state index contributed by atoms with van der Waals surface area (Å²) < 4.78 is 0. The molecule has 5 aliphatic rings. The molecule has 4 aromatic carbocycles. The Morgan fingerprint density at radius 1 is 0.812 bits per heavy atom. The largest absolute Gasteiger partial charge is 0.264 e. The lowest BCUT2D eigenvalue weighted by atomic mass is 9.84. The highest BCUT2D eigenvalue weighted by Crippen LogP contribution is 2.43. The van der Waals surface area contributed by atoms with Crippen molar-refractivity contribution < 1.29 is 0 Å². The Labute approximate surface area is 379 Å². The minimum Gasteiger partial charge on any atom is -0.264 e. The number of fused-ring (bicyclic) bond motifs is 6. The monoisotopic (exact) mass is 822 g/mol. The summed E-state index contributed by atoms with van der Waals surface area (Å²) >= 11 is 0. The minimum absolute atomic E-state index is 0.00835. The zero-order chi connectivity index (χ0) is 43.8. The predicted molar refractivity (Wildman–Crippen MR) is 275 cm³/mol. The number of nitrogens with zero attached hydrogens (tertiary/aromatic N) is 2. The number of rotatable bonds is 8. The van der Waals surface area contributed by atoms with Crippen molar-refractivity contribution in [2.24, 2.45) is 15.9 Å². The van der Waals surface area contributed by atoms with Crippen molar-refractivity contribution in [3.05, 3.63) is 244 Å². The van der Waals surface area contributed by atoms with Crippen LogP contribution in [0.25, 0.3) is 33.4 Å². The number of benzene rings is 4. The van der Waals surface area contributed by atoms with Crippen LogP contribution in [-0.2, 0) is 6.42 Å². The fourth-order valence-electron chi connectivity index (χ4n) is 9.14. The highest BCUT2D eigenvalue weighted by atomic mass is 14.8. The third-order valence-electron chi connectivity index (χ3n) is 12.4. The summed E-state index contributed by atoms with van der Waals surface area (Å²) in [4.78, 5) is 9.87. The molecule has 0 spiro atoms. The zero-order valence-electron chi connectivity index (χ0n) is 36.6. The molecule has 2 heteroatoms. The molecule has 0 aromatic heterocycles. The number of allylic oxidation sites excluding steroid dienone is 22. The normalized spacial score (nSPS) is 20.8. The van der Waals surface area contributed by atoms with Crippen molar-refractivity contribution in [2.75, 3.05) is 0 Å². The number of hydrogen-bond donors (Lipinski definition) is 0.